The average molecular weight is 233 g/mol. The van der Waals surface area contributed by atoms with Gasteiger partial charge in [-0.1, -0.05) is 0 Å². The number of carbonyl (C=O) groups excluding carboxylic acids is 1. The highest BCUT2D eigenvalue weighted by molar-refractivity contribution is 5.69. The first kappa shape index (κ1) is 11.6. The zero-order chi connectivity index (χ0) is 12.1. The molecule has 90 valence electrons. The Balaban J connectivity index is 2.27. The SMILES string of the molecule is N#CC(C=O)(N1C=CNC=C1)N1CCNCC1. The molecular weight excluding hydrogens is 218 g/mol. The summed E-state index contributed by atoms with van der Waals surface area (Å²) in [6, 6.07) is 2.13. The number of piperazine rings is 1. The molecule has 0 aromatic heterocycles. The highest BCUT2D eigenvalue weighted by atomic mass is 16.1. The molecule has 1 unspecified atom stereocenters. The van der Waals surface area contributed by atoms with Gasteiger partial charge in [0.05, 0.1) is 0 Å². The lowest BCUT2D eigenvalue weighted by molar-refractivity contribution is -0.122. The summed E-state index contributed by atoms with van der Waals surface area (Å²) in [6.45, 7) is 2.93. The van der Waals surface area contributed by atoms with E-state index in [1.54, 1.807) is 29.7 Å². The predicted molar refractivity (Wildman–Crippen MR) is 62.1 cm³/mol. The molecule has 2 heterocycles. The fraction of sp³-hybridized carbons (Fsp3) is 0.455. The van der Waals surface area contributed by atoms with E-state index >= 15 is 0 Å². The van der Waals surface area contributed by atoms with E-state index in [-0.39, 0.29) is 0 Å². The van der Waals surface area contributed by atoms with E-state index < -0.39 is 5.66 Å². The van der Waals surface area contributed by atoms with Crippen molar-refractivity contribution in [2.75, 3.05) is 26.2 Å². The predicted octanol–water partition coefficient (Wildman–Crippen LogP) is -0.842. The Morgan fingerprint density at radius 1 is 1.29 bits per heavy atom. The maximum absolute atomic E-state index is 11.4. The van der Waals surface area contributed by atoms with Gasteiger partial charge in [0.2, 0.25) is 5.66 Å². The minimum atomic E-state index is -1.24. The van der Waals surface area contributed by atoms with Crippen LogP contribution in [0.3, 0.4) is 0 Å². The number of rotatable bonds is 3. The Hall–Kier alpha value is -1.84. The minimum Gasteiger partial charge on any atom is -0.365 e. The highest BCUT2D eigenvalue weighted by Gasteiger charge is 2.41. The molecule has 0 aromatic carbocycles. The number of nitrogens with one attached hydrogen (secondary N) is 2. The van der Waals surface area contributed by atoms with Crippen molar-refractivity contribution >= 4 is 6.29 Å². The second-order valence-corrected chi connectivity index (χ2v) is 3.90. The molecule has 0 bridgehead atoms. The maximum Gasteiger partial charge on any atom is 0.243 e. The summed E-state index contributed by atoms with van der Waals surface area (Å²) in [7, 11) is 0. The Morgan fingerprint density at radius 2 is 1.94 bits per heavy atom. The molecule has 1 saturated heterocycles. The lowest BCUT2D eigenvalue weighted by atomic mass is 10.1. The number of aldehydes is 1. The standard InChI is InChI=1S/C11H15N5O/c12-9-11(10-17,15-5-1-13-2-6-15)16-7-3-14-4-8-16/h1-2,5-6,10,13-14H,3-4,7-8H2. The summed E-state index contributed by atoms with van der Waals surface area (Å²) in [5.41, 5.74) is -1.24. The normalized spacial score (nSPS) is 23.6. The number of carbonyl (C=O) groups is 1. The van der Waals surface area contributed by atoms with Crippen LogP contribution in [0.25, 0.3) is 0 Å². The summed E-state index contributed by atoms with van der Waals surface area (Å²) in [4.78, 5) is 15.0. The van der Waals surface area contributed by atoms with Crippen molar-refractivity contribution < 1.29 is 4.79 Å². The van der Waals surface area contributed by atoms with Gasteiger partial charge >= 0.3 is 0 Å². The first-order valence-electron chi connectivity index (χ1n) is 5.55. The third-order valence-corrected chi connectivity index (χ3v) is 2.98. The second-order valence-electron chi connectivity index (χ2n) is 3.90. The van der Waals surface area contributed by atoms with Crippen molar-refractivity contribution in [3.05, 3.63) is 24.8 Å². The Bertz CT molecular complexity index is 368. The van der Waals surface area contributed by atoms with Crippen LogP contribution in [0.1, 0.15) is 0 Å². The molecule has 2 aliphatic rings. The molecule has 0 spiro atoms. The summed E-state index contributed by atoms with van der Waals surface area (Å²) >= 11 is 0. The fourth-order valence-electron chi connectivity index (χ4n) is 2.04. The molecule has 1 atom stereocenters. The first-order chi connectivity index (χ1) is 8.33. The van der Waals surface area contributed by atoms with Crippen molar-refractivity contribution in [1.29, 1.82) is 5.26 Å². The first-order valence-corrected chi connectivity index (χ1v) is 5.55. The molecule has 0 radical (unpaired) electrons. The van der Waals surface area contributed by atoms with Crippen LogP contribution >= 0.6 is 0 Å². The highest BCUT2D eigenvalue weighted by Crippen LogP contribution is 2.20. The molecular formula is C11H15N5O. The zero-order valence-corrected chi connectivity index (χ0v) is 9.47. The van der Waals surface area contributed by atoms with Crippen LogP contribution in [-0.2, 0) is 4.79 Å². The van der Waals surface area contributed by atoms with Gasteiger partial charge in [-0.15, -0.1) is 0 Å². The van der Waals surface area contributed by atoms with Gasteiger partial charge in [-0.2, -0.15) is 5.26 Å². The van der Waals surface area contributed by atoms with E-state index in [4.69, 9.17) is 0 Å². The minimum absolute atomic E-state index is 0.678. The fourth-order valence-corrected chi connectivity index (χ4v) is 2.04. The van der Waals surface area contributed by atoms with Crippen molar-refractivity contribution in [1.82, 2.24) is 20.4 Å². The lowest BCUT2D eigenvalue weighted by Crippen LogP contribution is -2.62. The molecule has 1 fully saturated rings. The Kier molecular flexibility index (Phi) is 3.42. The lowest BCUT2D eigenvalue weighted by Gasteiger charge is -2.42. The molecule has 0 saturated carbocycles. The molecule has 2 N–H and O–H groups in total. The molecule has 0 aliphatic carbocycles. The number of nitriles is 1. The van der Waals surface area contributed by atoms with Gasteiger partial charge < -0.3 is 15.5 Å². The third-order valence-electron chi connectivity index (χ3n) is 2.98. The van der Waals surface area contributed by atoms with Crippen LogP contribution in [0, 0.1) is 11.3 Å². The van der Waals surface area contributed by atoms with Crippen LogP contribution in [0.15, 0.2) is 24.8 Å². The molecule has 0 amide bonds. The van der Waals surface area contributed by atoms with Crippen LogP contribution in [0.2, 0.25) is 0 Å². The van der Waals surface area contributed by atoms with Gasteiger partial charge in [-0.05, 0) is 0 Å². The van der Waals surface area contributed by atoms with Crippen LogP contribution in [0.4, 0.5) is 0 Å². The van der Waals surface area contributed by atoms with Gasteiger partial charge in [-0.25, -0.2) is 0 Å². The third kappa shape index (κ3) is 2.02. The van der Waals surface area contributed by atoms with Crippen LogP contribution in [-0.4, -0.2) is 47.9 Å². The maximum atomic E-state index is 11.4. The Labute approximate surface area is 100 Å². The summed E-state index contributed by atoms with van der Waals surface area (Å²) in [5, 5.41) is 15.5. The second kappa shape index (κ2) is 4.99. The van der Waals surface area contributed by atoms with Crippen molar-refractivity contribution in [3.63, 3.8) is 0 Å². The van der Waals surface area contributed by atoms with Crippen LogP contribution < -0.4 is 10.6 Å². The Morgan fingerprint density at radius 3 is 2.47 bits per heavy atom. The summed E-state index contributed by atoms with van der Waals surface area (Å²) < 4.78 is 0. The topological polar surface area (TPSA) is 71.4 Å². The molecule has 17 heavy (non-hydrogen) atoms. The number of nitrogens with zero attached hydrogens (tertiary/aromatic N) is 3. The van der Waals surface area contributed by atoms with Crippen LogP contribution in [0.5, 0.6) is 0 Å². The van der Waals surface area contributed by atoms with Gasteiger partial charge in [0, 0.05) is 51.0 Å². The van der Waals surface area contributed by atoms with E-state index in [9.17, 15) is 10.1 Å². The summed E-state index contributed by atoms with van der Waals surface area (Å²) in [5.74, 6) is 0. The van der Waals surface area contributed by atoms with E-state index in [0.29, 0.717) is 19.4 Å². The van der Waals surface area contributed by atoms with Crippen molar-refractivity contribution in [2.24, 2.45) is 0 Å². The van der Waals surface area contributed by atoms with E-state index in [1.807, 2.05) is 4.90 Å². The smallest absolute Gasteiger partial charge is 0.243 e. The van der Waals surface area contributed by atoms with Crippen molar-refractivity contribution in [2.45, 2.75) is 5.66 Å². The molecule has 2 rings (SSSR count). The van der Waals surface area contributed by atoms with E-state index in [1.165, 1.54) is 0 Å². The summed E-state index contributed by atoms with van der Waals surface area (Å²) in [6.07, 6.45) is 7.48. The van der Waals surface area contributed by atoms with Gasteiger partial charge in [0.25, 0.3) is 0 Å². The van der Waals surface area contributed by atoms with Crippen molar-refractivity contribution in [3.8, 4) is 6.07 Å². The molecule has 6 heteroatoms. The zero-order valence-electron chi connectivity index (χ0n) is 9.47. The quantitative estimate of drug-likeness (QED) is 0.619. The molecule has 6 nitrogen and oxygen atoms in total. The number of hydrogen-bond acceptors (Lipinski definition) is 6. The van der Waals surface area contributed by atoms with E-state index in [0.717, 1.165) is 13.1 Å². The van der Waals surface area contributed by atoms with Gasteiger partial charge in [0.1, 0.15) is 6.07 Å². The molecule has 0 aromatic rings. The van der Waals surface area contributed by atoms with Gasteiger partial charge in [0.15, 0.2) is 6.29 Å². The number of hydrogen-bond donors (Lipinski definition) is 2. The average Bonchev–Trinajstić information content (AvgIpc) is 2.43. The molecule has 2 aliphatic heterocycles. The largest absolute Gasteiger partial charge is 0.365 e. The van der Waals surface area contributed by atoms with E-state index in [2.05, 4.69) is 16.7 Å². The van der Waals surface area contributed by atoms with Gasteiger partial charge in [-0.3, -0.25) is 9.69 Å². The monoisotopic (exact) mass is 233 g/mol.